The molecule has 134 valence electrons. The van der Waals surface area contributed by atoms with Crippen LogP contribution in [0.15, 0.2) is 40.6 Å². The summed E-state index contributed by atoms with van der Waals surface area (Å²) in [5.41, 5.74) is 0.527. The molecule has 1 aliphatic rings. The SMILES string of the molecule is O=C(Nc1ccccc1Cl)C1CCCN(S(=O)(=O)c2ccc(Cl)s2)C1. The third-order valence-corrected chi connectivity index (χ3v) is 7.92. The quantitative estimate of drug-likeness (QED) is 0.812. The molecule has 0 spiro atoms. The van der Waals surface area contributed by atoms with Gasteiger partial charge in [-0.2, -0.15) is 4.31 Å². The van der Waals surface area contributed by atoms with E-state index in [1.165, 1.54) is 10.4 Å². The van der Waals surface area contributed by atoms with Crippen LogP contribution in [-0.4, -0.2) is 31.7 Å². The molecule has 1 saturated heterocycles. The lowest BCUT2D eigenvalue weighted by molar-refractivity contribution is -0.120. The van der Waals surface area contributed by atoms with Crippen LogP contribution < -0.4 is 5.32 Å². The van der Waals surface area contributed by atoms with E-state index in [4.69, 9.17) is 23.2 Å². The first-order valence-corrected chi connectivity index (χ1v) is 10.7. The minimum Gasteiger partial charge on any atom is -0.324 e. The lowest BCUT2D eigenvalue weighted by Crippen LogP contribution is -2.43. The largest absolute Gasteiger partial charge is 0.324 e. The molecule has 1 aromatic heterocycles. The number of benzene rings is 1. The van der Waals surface area contributed by atoms with Gasteiger partial charge in [-0.1, -0.05) is 35.3 Å². The van der Waals surface area contributed by atoms with E-state index in [0.29, 0.717) is 34.4 Å². The Bertz CT molecular complexity index is 883. The lowest BCUT2D eigenvalue weighted by atomic mass is 9.99. The molecule has 1 atom stereocenters. The van der Waals surface area contributed by atoms with Crippen LogP contribution in [0.5, 0.6) is 0 Å². The van der Waals surface area contributed by atoms with E-state index in [0.717, 1.165) is 11.3 Å². The van der Waals surface area contributed by atoms with Crippen molar-refractivity contribution in [2.45, 2.75) is 17.1 Å². The fraction of sp³-hybridized carbons (Fsp3) is 0.312. The molecule has 5 nitrogen and oxygen atoms in total. The number of carbonyl (C=O) groups is 1. The van der Waals surface area contributed by atoms with E-state index in [1.54, 1.807) is 30.3 Å². The number of hydrogen-bond acceptors (Lipinski definition) is 4. The van der Waals surface area contributed by atoms with Crippen molar-refractivity contribution in [3.05, 3.63) is 45.8 Å². The Morgan fingerprint density at radius 2 is 1.96 bits per heavy atom. The number of piperidine rings is 1. The second-order valence-electron chi connectivity index (χ2n) is 5.73. The van der Waals surface area contributed by atoms with E-state index in [-0.39, 0.29) is 16.7 Å². The van der Waals surface area contributed by atoms with E-state index in [2.05, 4.69) is 5.32 Å². The highest BCUT2D eigenvalue weighted by Crippen LogP contribution is 2.31. The van der Waals surface area contributed by atoms with Crippen LogP contribution in [0.25, 0.3) is 0 Å². The molecule has 1 unspecified atom stereocenters. The van der Waals surface area contributed by atoms with Gasteiger partial charge in [-0.25, -0.2) is 8.42 Å². The molecule has 2 aromatic rings. The van der Waals surface area contributed by atoms with Crippen molar-refractivity contribution in [1.82, 2.24) is 4.31 Å². The average Bonchev–Trinajstić information content (AvgIpc) is 3.04. The number of anilines is 1. The summed E-state index contributed by atoms with van der Waals surface area (Å²) in [7, 11) is -3.63. The van der Waals surface area contributed by atoms with E-state index < -0.39 is 15.9 Å². The normalized spacial score (nSPS) is 18.9. The molecule has 2 heterocycles. The van der Waals surface area contributed by atoms with Crippen LogP contribution in [0.3, 0.4) is 0 Å². The van der Waals surface area contributed by atoms with Gasteiger partial charge in [-0.3, -0.25) is 4.79 Å². The van der Waals surface area contributed by atoms with Crippen molar-refractivity contribution in [2.75, 3.05) is 18.4 Å². The standard InChI is InChI=1S/C16H16Cl2N2O3S2/c17-12-5-1-2-6-13(12)19-16(21)11-4-3-9-20(10-11)25(22,23)15-8-7-14(18)24-15/h1-2,5-8,11H,3-4,9-10H2,(H,19,21). The zero-order valence-corrected chi connectivity index (χ0v) is 16.3. The van der Waals surface area contributed by atoms with Crippen molar-refractivity contribution in [1.29, 1.82) is 0 Å². The first-order chi connectivity index (χ1) is 11.9. The van der Waals surface area contributed by atoms with Crippen molar-refractivity contribution < 1.29 is 13.2 Å². The molecular formula is C16H16Cl2N2O3S2. The molecule has 3 rings (SSSR count). The van der Waals surface area contributed by atoms with Crippen molar-refractivity contribution >= 4 is 56.2 Å². The zero-order chi connectivity index (χ0) is 18.0. The zero-order valence-electron chi connectivity index (χ0n) is 13.1. The topological polar surface area (TPSA) is 66.5 Å². The molecule has 0 bridgehead atoms. The molecule has 1 aliphatic heterocycles. The van der Waals surface area contributed by atoms with Crippen molar-refractivity contribution in [3.63, 3.8) is 0 Å². The van der Waals surface area contributed by atoms with Gasteiger partial charge in [0.2, 0.25) is 5.91 Å². The van der Waals surface area contributed by atoms with E-state index >= 15 is 0 Å². The van der Waals surface area contributed by atoms with Crippen LogP contribution >= 0.6 is 34.5 Å². The van der Waals surface area contributed by atoms with Gasteiger partial charge in [0.1, 0.15) is 4.21 Å². The number of para-hydroxylation sites is 1. The summed E-state index contributed by atoms with van der Waals surface area (Å²) in [6.45, 7) is 0.544. The monoisotopic (exact) mass is 418 g/mol. The molecule has 0 aliphatic carbocycles. The van der Waals surface area contributed by atoms with Gasteiger partial charge in [-0.05, 0) is 37.1 Å². The summed E-state index contributed by atoms with van der Waals surface area (Å²) in [6, 6.07) is 10.0. The number of sulfonamides is 1. The number of nitrogens with zero attached hydrogens (tertiary/aromatic N) is 1. The second kappa shape index (κ2) is 7.63. The van der Waals surface area contributed by atoms with Gasteiger partial charge in [0.15, 0.2) is 0 Å². The summed E-state index contributed by atoms with van der Waals surface area (Å²) in [4.78, 5) is 12.5. The Morgan fingerprint density at radius 1 is 1.20 bits per heavy atom. The van der Waals surface area contributed by atoms with E-state index in [9.17, 15) is 13.2 Å². The van der Waals surface area contributed by atoms with Gasteiger partial charge < -0.3 is 5.32 Å². The maximum absolute atomic E-state index is 12.7. The number of halogens is 2. The van der Waals surface area contributed by atoms with Crippen LogP contribution in [0.4, 0.5) is 5.69 Å². The predicted octanol–water partition coefficient (Wildman–Crippen LogP) is 4.09. The third kappa shape index (κ3) is 4.17. The third-order valence-electron chi connectivity index (χ3n) is 4.03. The van der Waals surface area contributed by atoms with Gasteiger partial charge >= 0.3 is 0 Å². The van der Waals surface area contributed by atoms with Crippen LogP contribution in [0.2, 0.25) is 9.36 Å². The maximum Gasteiger partial charge on any atom is 0.252 e. The van der Waals surface area contributed by atoms with Gasteiger partial charge in [0.25, 0.3) is 10.0 Å². The molecule has 1 fully saturated rings. The fourth-order valence-corrected chi connectivity index (χ4v) is 6.08. The number of hydrogen-bond donors (Lipinski definition) is 1. The number of amides is 1. The Hall–Kier alpha value is -1.12. The Morgan fingerprint density at radius 3 is 2.64 bits per heavy atom. The highest BCUT2D eigenvalue weighted by atomic mass is 35.5. The van der Waals surface area contributed by atoms with Crippen LogP contribution in [0.1, 0.15) is 12.8 Å². The summed E-state index contributed by atoms with van der Waals surface area (Å²) >= 11 is 12.9. The van der Waals surface area contributed by atoms with Gasteiger partial charge in [-0.15, -0.1) is 11.3 Å². The molecule has 1 amide bonds. The summed E-state index contributed by atoms with van der Waals surface area (Å²) in [6.07, 6.45) is 1.26. The number of rotatable bonds is 4. The highest BCUT2D eigenvalue weighted by Gasteiger charge is 2.34. The van der Waals surface area contributed by atoms with E-state index in [1.807, 2.05) is 0 Å². The first kappa shape index (κ1) is 18.7. The smallest absolute Gasteiger partial charge is 0.252 e. The Labute approximate surface area is 160 Å². The van der Waals surface area contributed by atoms with Crippen LogP contribution in [0, 0.1) is 5.92 Å². The molecular weight excluding hydrogens is 403 g/mol. The number of nitrogens with one attached hydrogen (secondary N) is 1. The van der Waals surface area contributed by atoms with Crippen molar-refractivity contribution in [2.24, 2.45) is 5.92 Å². The molecule has 9 heteroatoms. The number of carbonyl (C=O) groups excluding carboxylic acids is 1. The first-order valence-electron chi connectivity index (χ1n) is 7.69. The Balaban J connectivity index is 1.73. The summed E-state index contributed by atoms with van der Waals surface area (Å²) in [5.74, 6) is -0.646. The molecule has 1 N–H and O–H groups in total. The fourth-order valence-electron chi connectivity index (χ4n) is 2.74. The maximum atomic E-state index is 12.7. The highest BCUT2D eigenvalue weighted by molar-refractivity contribution is 7.91. The molecule has 0 saturated carbocycles. The summed E-state index contributed by atoms with van der Waals surface area (Å²) < 4.78 is 27.4. The number of thiophene rings is 1. The molecule has 1 aromatic carbocycles. The van der Waals surface area contributed by atoms with Crippen LogP contribution in [-0.2, 0) is 14.8 Å². The average molecular weight is 419 g/mol. The van der Waals surface area contributed by atoms with Gasteiger partial charge in [0, 0.05) is 13.1 Å². The lowest BCUT2D eigenvalue weighted by Gasteiger charge is -2.30. The minimum atomic E-state index is -3.63. The summed E-state index contributed by atoms with van der Waals surface area (Å²) in [5, 5.41) is 3.23. The minimum absolute atomic E-state index is 0.147. The van der Waals surface area contributed by atoms with Gasteiger partial charge in [0.05, 0.1) is 21.0 Å². The predicted molar refractivity (Wildman–Crippen MR) is 101 cm³/mol. The second-order valence-corrected chi connectivity index (χ2v) is 10.0. The Kier molecular flexibility index (Phi) is 5.70. The van der Waals surface area contributed by atoms with Crippen molar-refractivity contribution in [3.8, 4) is 0 Å². The molecule has 25 heavy (non-hydrogen) atoms. The molecule has 0 radical (unpaired) electrons.